The first-order valence-corrected chi connectivity index (χ1v) is 4.91. The minimum absolute atomic E-state index is 0.0305. The molecule has 2 N–H and O–H groups in total. The summed E-state index contributed by atoms with van der Waals surface area (Å²) in [6.45, 7) is 1.86. The monoisotopic (exact) mass is 201 g/mol. The van der Waals surface area contributed by atoms with E-state index in [4.69, 9.17) is 9.47 Å². The van der Waals surface area contributed by atoms with Crippen molar-refractivity contribution < 1.29 is 19.4 Å². The molecule has 1 amide bonds. The maximum absolute atomic E-state index is 11.6. The molecule has 0 aromatic rings. The third-order valence-corrected chi connectivity index (χ3v) is 2.68. The largest absolute Gasteiger partial charge is 0.388 e. The predicted molar refractivity (Wildman–Crippen MR) is 47.7 cm³/mol. The second-order valence-corrected chi connectivity index (χ2v) is 3.78. The Hall–Kier alpha value is -0.650. The number of ether oxygens (including phenoxy) is 2. The summed E-state index contributed by atoms with van der Waals surface area (Å²) in [5, 5.41) is 12.2. The molecule has 2 aliphatic heterocycles. The number of nitrogens with one attached hydrogen (secondary N) is 1. The number of aliphatic hydroxyl groups excluding tert-OH is 1. The van der Waals surface area contributed by atoms with E-state index in [0.29, 0.717) is 26.4 Å². The molecule has 80 valence electrons. The van der Waals surface area contributed by atoms with Crippen LogP contribution in [-0.2, 0) is 14.3 Å². The highest BCUT2D eigenvalue weighted by Crippen LogP contribution is 2.13. The normalized spacial score (nSPS) is 37.4. The zero-order chi connectivity index (χ0) is 9.97. The fourth-order valence-electron chi connectivity index (χ4n) is 1.72. The molecule has 3 atom stereocenters. The predicted octanol–water partition coefficient (Wildman–Crippen LogP) is -1.10. The van der Waals surface area contributed by atoms with Crippen LogP contribution in [0.25, 0.3) is 0 Å². The zero-order valence-electron chi connectivity index (χ0n) is 7.94. The molecule has 1 unspecified atom stereocenters. The van der Waals surface area contributed by atoms with E-state index in [9.17, 15) is 9.90 Å². The van der Waals surface area contributed by atoms with Gasteiger partial charge < -0.3 is 19.9 Å². The van der Waals surface area contributed by atoms with Crippen molar-refractivity contribution in [3.05, 3.63) is 0 Å². The van der Waals surface area contributed by atoms with Crippen LogP contribution in [0.5, 0.6) is 0 Å². The van der Waals surface area contributed by atoms with Crippen molar-refractivity contribution in [3.8, 4) is 0 Å². The van der Waals surface area contributed by atoms with Crippen molar-refractivity contribution in [1.82, 2.24) is 5.32 Å². The highest BCUT2D eigenvalue weighted by atomic mass is 16.5. The van der Waals surface area contributed by atoms with Crippen LogP contribution in [0, 0.1) is 5.92 Å². The highest BCUT2D eigenvalue weighted by molar-refractivity contribution is 5.79. The van der Waals surface area contributed by atoms with E-state index < -0.39 is 6.10 Å². The van der Waals surface area contributed by atoms with E-state index in [-0.39, 0.29) is 17.9 Å². The summed E-state index contributed by atoms with van der Waals surface area (Å²) in [6.07, 6.45) is 0.205. The van der Waals surface area contributed by atoms with E-state index >= 15 is 0 Å². The van der Waals surface area contributed by atoms with Crippen molar-refractivity contribution in [2.45, 2.75) is 18.6 Å². The number of rotatable bonds is 2. The minimum Gasteiger partial charge on any atom is -0.388 e. The smallest absolute Gasteiger partial charge is 0.225 e. The van der Waals surface area contributed by atoms with Gasteiger partial charge in [-0.05, 0) is 6.42 Å². The fraction of sp³-hybridized carbons (Fsp3) is 0.889. The highest BCUT2D eigenvalue weighted by Gasteiger charge is 2.31. The van der Waals surface area contributed by atoms with Crippen LogP contribution in [-0.4, -0.2) is 49.6 Å². The molecule has 2 rings (SSSR count). The van der Waals surface area contributed by atoms with Crippen LogP contribution >= 0.6 is 0 Å². The third-order valence-electron chi connectivity index (χ3n) is 2.68. The van der Waals surface area contributed by atoms with Gasteiger partial charge in [0, 0.05) is 6.61 Å². The number of hydrogen-bond donors (Lipinski definition) is 2. The van der Waals surface area contributed by atoms with Crippen LogP contribution in [0.3, 0.4) is 0 Å². The lowest BCUT2D eigenvalue weighted by atomic mass is 10.1. The number of aliphatic hydroxyl groups is 1. The van der Waals surface area contributed by atoms with E-state index in [1.165, 1.54) is 0 Å². The summed E-state index contributed by atoms with van der Waals surface area (Å²) >= 11 is 0. The molecule has 0 aromatic carbocycles. The van der Waals surface area contributed by atoms with Crippen LogP contribution in [0.2, 0.25) is 0 Å². The van der Waals surface area contributed by atoms with Crippen LogP contribution < -0.4 is 5.32 Å². The Labute approximate surface area is 82.4 Å². The van der Waals surface area contributed by atoms with Gasteiger partial charge in [0.05, 0.1) is 37.9 Å². The molecule has 2 aliphatic rings. The molecule has 0 aliphatic carbocycles. The van der Waals surface area contributed by atoms with Crippen molar-refractivity contribution in [3.63, 3.8) is 0 Å². The fourth-order valence-corrected chi connectivity index (χ4v) is 1.72. The van der Waals surface area contributed by atoms with Gasteiger partial charge in [-0.3, -0.25) is 4.79 Å². The first kappa shape index (κ1) is 9.89. The summed E-state index contributed by atoms with van der Waals surface area (Å²) in [5.41, 5.74) is 0. The molecular weight excluding hydrogens is 186 g/mol. The summed E-state index contributed by atoms with van der Waals surface area (Å²) in [6, 6.07) is -0.247. The average Bonchev–Trinajstić information content (AvgIpc) is 2.77. The molecule has 14 heavy (non-hydrogen) atoms. The third kappa shape index (κ3) is 2.05. The first-order valence-electron chi connectivity index (χ1n) is 4.91. The zero-order valence-corrected chi connectivity index (χ0v) is 7.94. The van der Waals surface area contributed by atoms with Gasteiger partial charge >= 0.3 is 0 Å². The number of carbonyl (C=O) groups excluding carboxylic acids is 1. The molecule has 0 radical (unpaired) electrons. The standard InChI is InChI=1S/C9H15NO4/c11-8-5-14-4-7(8)10-9(12)6-1-2-13-3-6/h6-8,11H,1-5H2,(H,10,12)/t6?,7-,8-/m1/s1. The number of hydrogen-bond acceptors (Lipinski definition) is 4. The molecule has 0 saturated carbocycles. The lowest BCUT2D eigenvalue weighted by Crippen LogP contribution is -2.45. The summed E-state index contributed by atoms with van der Waals surface area (Å²) in [7, 11) is 0. The molecule has 2 heterocycles. The number of amides is 1. The van der Waals surface area contributed by atoms with Crippen molar-refractivity contribution in [2.24, 2.45) is 5.92 Å². The SMILES string of the molecule is O=C(N[C@@H]1COC[C@H]1O)C1CCOC1. The summed E-state index contributed by atoms with van der Waals surface area (Å²) < 4.78 is 10.2. The van der Waals surface area contributed by atoms with Gasteiger partial charge in [-0.25, -0.2) is 0 Å². The molecule has 0 aromatic heterocycles. The maximum Gasteiger partial charge on any atom is 0.225 e. The van der Waals surface area contributed by atoms with Crippen molar-refractivity contribution >= 4 is 5.91 Å². The molecule has 2 fully saturated rings. The molecular formula is C9H15NO4. The summed E-state index contributed by atoms with van der Waals surface area (Å²) in [5.74, 6) is -0.0835. The van der Waals surface area contributed by atoms with E-state index in [1.54, 1.807) is 0 Å². The van der Waals surface area contributed by atoms with Gasteiger partial charge in [-0.15, -0.1) is 0 Å². The van der Waals surface area contributed by atoms with Gasteiger partial charge in [0.2, 0.25) is 5.91 Å². The van der Waals surface area contributed by atoms with Crippen LogP contribution in [0.15, 0.2) is 0 Å². The lowest BCUT2D eigenvalue weighted by molar-refractivity contribution is -0.126. The minimum atomic E-state index is -0.568. The molecule has 2 saturated heterocycles. The molecule has 0 spiro atoms. The van der Waals surface area contributed by atoms with E-state index in [0.717, 1.165) is 6.42 Å². The first-order chi connectivity index (χ1) is 6.77. The Bertz CT molecular complexity index is 215. The van der Waals surface area contributed by atoms with Crippen LogP contribution in [0.1, 0.15) is 6.42 Å². The van der Waals surface area contributed by atoms with Crippen LogP contribution in [0.4, 0.5) is 0 Å². The lowest BCUT2D eigenvalue weighted by Gasteiger charge is -2.16. The van der Waals surface area contributed by atoms with Crippen molar-refractivity contribution in [2.75, 3.05) is 26.4 Å². The van der Waals surface area contributed by atoms with Gasteiger partial charge in [-0.1, -0.05) is 0 Å². The Kier molecular flexibility index (Phi) is 3.00. The van der Waals surface area contributed by atoms with Gasteiger partial charge in [0.15, 0.2) is 0 Å². The summed E-state index contributed by atoms with van der Waals surface area (Å²) in [4.78, 5) is 11.6. The average molecular weight is 201 g/mol. The Morgan fingerprint density at radius 1 is 1.29 bits per heavy atom. The Morgan fingerprint density at radius 2 is 2.14 bits per heavy atom. The topological polar surface area (TPSA) is 67.8 Å². The second kappa shape index (κ2) is 4.25. The Morgan fingerprint density at radius 3 is 2.71 bits per heavy atom. The van der Waals surface area contributed by atoms with E-state index in [2.05, 4.69) is 5.32 Å². The Balaban J connectivity index is 1.81. The van der Waals surface area contributed by atoms with Gasteiger partial charge in [-0.2, -0.15) is 0 Å². The molecule has 5 heteroatoms. The maximum atomic E-state index is 11.6. The van der Waals surface area contributed by atoms with E-state index in [1.807, 2.05) is 0 Å². The van der Waals surface area contributed by atoms with Crippen molar-refractivity contribution in [1.29, 1.82) is 0 Å². The van der Waals surface area contributed by atoms with Gasteiger partial charge in [0.25, 0.3) is 0 Å². The van der Waals surface area contributed by atoms with Gasteiger partial charge in [0.1, 0.15) is 0 Å². The molecule has 5 nitrogen and oxygen atoms in total. The second-order valence-electron chi connectivity index (χ2n) is 3.78. The number of carbonyl (C=O) groups is 1. The quantitative estimate of drug-likeness (QED) is 0.595. The molecule has 0 bridgehead atoms.